The summed E-state index contributed by atoms with van der Waals surface area (Å²) >= 11 is 1.43. The lowest BCUT2D eigenvalue weighted by molar-refractivity contribution is -0.136. The molecule has 2 fully saturated rings. The number of amides is 2. The van der Waals surface area contributed by atoms with Crippen LogP contribution in [-0.2, 0) is 9.53 Å². The number of nitrogens with zero attached hydrogens (tertiary/aromatic N) is 1. The van der Waals surface area contributed by atoms with Gasteiger partial charge in [-0.3, -0.25) is 9.59 Å². The summed E-state index contributed by atoms with van der Waals surface area (Å²) in [6.07, 6.45) is 3.83. The second kappa shape index (κ2) is 7.24. The fourth-order valence-electron chi connectivity index (χ4n) is 2.82. The molecule has 120 valence electrons. The lowest BCUT2D eigenvalue weighted by Gasteiger charge is -2.34. The Bertz CT molecular complexity index is 507. The van der Waals surface area contributed by atoms with Gasteiger partial charge in [-0.15, -0.1) is 11.3 Å². The van der Waals surface area contributed by atoms with Gasteiger partial charge in [-0.25, -0.2) is 0 Å². The lowest BCUT2D eigenvalue weighted by Crippen LogP contribution is -2.47. The van der Waals surface area contributed by atoms with Gasteiger partial charge in [0.15, 0.2) is 0 Å². The minimum Gasteiger partial charge on any atom is -0.381 e. The van der Waals surface area contributed by atoms with E-state index < -0.39 is 0 Å². The molecule has 5 nitrogen and oxygen atoms in total. The van der Waals surface area contributed by atoms with E-state index in [-0.39, 0.29) is 23.8 Å². The Hall–Kier alpha value is -1.40. The van der Waals surface area contributed by atoms with Crippen molar-refractivity contribution < 1.29 is 14.3 Å². The van der Waals surface area contributed by atoms with Crippen LogP contribution in [0.15, 0.2) is 17.5 Å². The van der Waals surface area contributed by atoms with E-state index in [1.165, 1.54) is 11.3 Å². The van der Waals surface area contributed by atoms with Crippen LogP contribution in [-0.4, -0.2) is 49.1 Å². The predicted molar refractivity (Wildman–Crippen MR) is 84.9 cm³/mol. The molecular formula is C16H22N2O3S. The van der Waals surface area contributed by atoms with Gasteiger partial charge in [0.25, 0.3) is 5.91 Å². The van der Waals surface area contributed by atoms with Crippen molar-refractivity contribution in [2.45, 2.75) is 31.7 Å². The van der Waals surface area contributed by atoms with Gasteiger partial charge < -0.3 is 15.0 Å². The largest absolute Gasteiger partial charge is 0.381 e. The molecule has 1 saturated carbocycles. The SMILES string of the molecule is O=C(NCCN(C(=O)C1CC1)C1CCOCC1)c1cccs1. The number of carbonyl (C=O) groups is 2. The highest BCUT2D eigenvalue weighted by Crippen LogP contribution is 2.32. The topological polar surface area (TPSA) is 58.6 Å². The first-order valence-electron chi connectivity index (χ1n) is 7.95. The van der Waals surface area contributed by atoms with Crippen LogP contribution in [0.4, 0.5) is 0 Å². The zero-order valence-electron chi connectivity index (χ0n) is 12.6. The van der Waals surface area contributed by atoms with Gasteiger partial charge in [0.1, 0.15) is 0 Å². The van der Waals surface area contributed by atoms with Crippen molar-refractivity contribution in [3.8, 4) is 0 Å². The van der Waals surface area contributed by atoms with E-state index in [4.69, 9.17) is 4.74 Å². The predicted octanol–water partition coefficient (Wildman–Crippen LogP) is 1.90. The van der Waals surface area contributed by atoms with E-state index >= 15 is 0 Å². The average Bonchev–Trinajstić information content (AvgIpc) is 3.26. The van der Waals surface area contributed by atoms with E-state index in [1.54, 1.807) is 0 Å². The summed E-state index contributed by atoms with van der Waals surface area (Å²) in [4.78, 5) is 27.1. The van der Waals surface area contributed by atoms with Gasteiger partial charge in [-0.1, -0.05) is 6.07 Å². The summed E-state index contributed by atoms with van der Waals surface area (Å²) in [5.74, 6) is 0.425. The number of thiophene rings is 1. The minimum atomic E-state index is -0.0548. The van der Waals surface area contributed by atoms with Gasteiger partial charge >= 0.3 is 0 Å². The molecule has 1 saturated heterocycles. The molecule has 0 spiro atoms. The molecule has 3 rings (SSSR count). The molecule has 2 aliphatic rings. The summed E-state index contributed by atoms with van der Waals surface area (Å²) in [5, 5.41) is 4.80. The van der Waals surface area contributed by atoms with Crippen LogP contribution in [0.5, 0.6) is 0 Å². The Morgan fingerprint density at radius 2 is 2.05 bits per heavy atom. The maximum absolute atomic E-state index is 12.5. The van der Waals surface area contributed by atoms with Crippen LogP contribution in [0.3, 0.4) is 0 Å². The normalized spacial score (nSPS) is 18.9. The van der Waals surface area contributed by atoms with Crippen molar-refractivity contribution in [2.75, 3.05) is 26.3 Å². The number of rotatable bonds is 6. The molecule has 0 radical (unpaired) electrons. The van der Waals surface area contributed by atoms with E-state index in [0.29, 0.717) is 18.0 Å². The molecule has 0 bridgehead atoms. The molecule has 1 aromatic heterocycles. The Morgan fingerprint density at radius 1 is 1.27 bits per heavy atom. The maximum atomic E-state index is 12.5. The van der Waals surface area contributed by atoms with Gasteiger partial charge in [-0.05, 0) is 37.1 Å². The molecular weight excluding hydrogens is 300 g/mol. The zero-order chi connectivity index (χ0) is 15.4. The summed E-state index contributed by atoms with van der Waals surface area (Å²) < 4.78 is 5.39. The van der Waals surface area contributed by atoms with E-state index in [0.717, 1.165) is 38.9 Å². The molecule has 1 N–H and O–H groups in total. The van der Waals surface area contributed by atoms with Crippen LogP contribution < -0.4 is 5.32 Å². The third-order valence-corrected chi connectivity index (χ3v) is 5.09. The quantitative estimate of drug-likeness (QED) is 0.870. The number of nitrogens with one attached hydrogen (secondary N) is 1. The smallest absolute Gasteiger partial charge is 0.261 e. The van der Waals surface area contributed by atoms with Crippen molar-refractivity contribution in [3.05, 3.63) is 22.4 Å². The molecule has 1 aliphatic heterocycles. The lowest BCUT2D eigenvalue weighted by atomic mass is 10.1. The fourth-order valence-corrected chi connectivity index (χ4v) is 3.46. The second-order valence-electron chi connectivity index (χ2n) is 5.88. The third-order valence-electron chi connectivity index (χ3n) is 4.22. The van der Waals surface area contributed by atoms with Crippen molar-refractivity contribution in [2.24, 2.45) is 5.92 Å². The average molecular weight is 322 g/mol. The van der Waals surface area contributed by atoms with Gasteiger partial charge in [0, 0.05) is 38.3 Å². The second-order valence-corrected chi connectivity index (χ2v) is 6.83. The van der Waals surface area contributed by atoms with Gasteiger partial charge in [0.2, 0.25) is 5.91 Å². The first-order chi connectivity index (χ1) is 10.8. The first-order valence-corrected chi connectivity index (χ1v) is 8.83. The van der Waals surface area contributed by atoms with E-state index in [2.05, 4.69) is 5.32 Å². The standard InChI is InChI=1S/C16H22N2O3S/c19-15(14-2-1-11-22-14)17-7-8-18(16(20)12-3-4-12)13-5-9-21-10-6-13/h1-2,11-13H,3-10H2,(H,17,19). The molecule has 2 heterocycles. The summed E-state index contributed by atoms with van der Waals surface area (Å²) in [6.45, 7) is 2.55. The molecule has 6 heteroatoms. The van der Waals surface area contributed by atoms with Crippen LogP contribution in [0, 0.1) is 5.92 Å². The first kappa shape index (κ1) is 15.5. The molecule has 1 aliphatic carbocycles. The monoisotopic (exact) mass is 322 g/mol. The van der Waals surface area contributed by atoms with E-state index in [9.17, 15) is 9.59 Å². The Kier molecular flexibility index (Phi) is 5.10. The fraction of sp³-hybridized carbons (Fsp3) is 0.625. The molecule has 1 aromatic rings. The molecule has 0 aromatic carbocycles. The van der Waals surface area contributed by atoms with E-state index in [1.807, 2.05) is 22.4 Å². The highest BCUT2D eigenvalue weighted by molar-refractivity contribution is 7.12. The number of carbonyl (C=O) groups excluding carboxylic acids is 2. The van der Waals surface area contributed by atoms with Gasteiger partial charge in [0.05, 0.1) is 4.88 Å². The van der Waals surface area contributed by atoms with Crippen LogP contribution in [0.2, 0.25) is 0 Å². The highest BCUT2D eigenvalue weighted by atomic mass is 32.1. The van der Waals surface area contributed by atoms with Gasteiger partial charge in [-0.2, -0.15) is 0 Å². The molecule has 0 unspecified atom stereocenters. The van der Waals surface area contributed by atoms with Crippen molar-refractivity contribution >= 4 is 23.2 Å². The molecule has 2 amide bonds. The maximum Gasteiger partial charge on any atom is 0.261 e. The van der Waals surface area contributed by atoms with Crippen molar-refractivity contribution in [1.29, 1.82) is 0 Å². The Morgan fingerprint density at radius 3 is 2.68 bits per heavy atom. The minimum absolute atomic E-state index is 0.0548. The summed E-state index contributed by atoms with van der Waals surface area (Å²) in [6, 6.07) is 3.94. The number of hydrogen-bond donors (Lipinski definition) is 1. The molecule has 22 heavy (non-hydrogen) atoms. The van der Waals surface area contributed by atoms with Crippen LogP contribution in [0.25, 0.3) is 0 Å². The van der Waals surface area contributed by atoms with Crippen molar-refractivity contribution in [1.82, 2.24) is 10.2 Å². The number of hydrogen-bond acceptors (Lipinski definition) is 4. The summed E-state index contributed by atoms with van der Waals surface area (Å²) in [7, 11) is 0. The Labute approximate surface area is 134 Å². The highest BCUT2D eigenvalue weighted by Gasteiger charge is 2.36. The summed E-state index contributed by atoms with van der Waals surface area (Å²) in [5.41, 5.74) is 0. The third kappa shape index (κ3) is 3.87. The van der Waals surface area contributed by atoms with Crippen molar-refractivity contribution in [3.63, 3.8) is 0 Å². The molecule has 0 atom stereocenters. The van der Waals surface area contributed by atoms with Crippen LogP contribution >= 0.6 is 11.3 Å². The zero-order valence-corrected chi connectivity index (χ0v) is 13.4. The van der Waals surface area contributed by atoms with Crippen LogP contribution in [0.1, 0.15) is 35.4 Å². The number of ether oxygens (including phenoxy) is 1. The Balaban J connectivity index is 1.53.